The van der Waals surface area contributed by atoms with Crippen LogP contribution >= 0.6 is 30.1 Å². The van der Waals surface area contributed by atoms with Gasteiger partial charge in [-0.25, -0.2) is 0 Å². The standard InChI is InChI=1S/C2H6ClP2/c3-2(5)1-4/h1-2H,4-5H2. The molecular weight excluding hydrogens is 121 g/mol. The largest absolute Gasteiger partial charge is 0.132 e. The second kappa shape index (κ2) is 3.34. The molecule has 0 bridgehead atoms. The maximum atomic E-state index is 5.35. The van der Waals surface area contributed by atoms with E-state index in [1.165, 1.54) is 0 Å². The Morgan fingerprint density at radius 1 is 1.80 bits per heavy atom. The van der Waals surface area contributed by atoms with Crippen LogP contribution in [-0.2, 0) is 0 Å². The lowest BCUT2D eigenvalue weighted by Gasteiger charge is -1.86. The quantitative estimate of drug-likeness (QED) is 0.370. The minimum Gasteiger partial charge on any atom is -0.132 e. The van der Waals surface area contributed by atoms with Crippen molar-refractivity contribution < 1.29 is 0 Å². The smallest absolute Gasteiger partial charge is 0.0545 e. The third-order valence-corrected chi connectivity index (χ3v) is 1.65. The predicted octanol–water partition coefficient (Wildman–Crippen LogP) is 1.46. The van der Waals surface area contributed by atoms with Gasteiger partial charge in [0.25, 0.3) is 0 Å². The second-order valence-corrected chi connectivity index (χ2v) is 2.67. The summed E-state index contributed by atoms with van der Waals surface area (Å²) in [6.07, 6.45) is 1.81. The van der Waals surface area contributed by atoms with Gasteiger partial charge in [-0.1, -0.05) is 0 Å². The van der Waals surface area contributed by atoms with E-state index < -0.39 is 0 Å². The molecule has 0 heterocycles. The second-order valence-electron chi connectivity index (χ2n) is 0.637. The molecule has 0 N–H and O–H groups in total. The molecule has 0 saturated carbocycles. The van der Waals surface area contributed by atoms with Crippen molar-refractivity contribution in [3.05, 3.63) is 6.16 Å². The maximum Gasteiger partial charge on any atom is 0.0545 e. The average molecular weight is 127 g/mol. The summed E-state index contributed by atoms with van der Waals surface area (Å²) in [5.74, 6) is 0. The van der Waals surface area contributed by atoms with E-state index in [2.05, 4.69) is 18.5 Å². The molecule has 0 aromatic carbocycles. The van der Waals surface area contributed by atoms with Gasteiger partial charge in [0.15, 0.2) is 0 Å². The Morgan fingerprint density at radius 3 is 2.00 bits per heavy atom. The molecule has 0 aliphatic heterocycles. The molecule has 0 rings (SSSR count). The summed E-state index contributed by atoms with van der Waals surface area (Å²) >= 11 is 5.35. The Hall–Kier alpha value is 1.15. The summed E-state index contributed by atoms with van der Waals surface area (Å²) in [6, 6.07) is 0. The molecule has 0 fully saturated rings. The van der Waals surface area contributed by atoms with Crippen LogP contribution in [0.5, 0.6) is 0 Å². The average Bonchev–Trinajstić information content (AvgIpc) is 1.38. The lowest BCUT2D eigenvalue weighted by atomic mass is 10.9. The summed E-state index contributed by atoms with van der Waals surface area (Å²) in [7, 11) is 4.84. The molecule has 1 radical (unpaired) electrons. The van der Waals surface area contributed by atoms with Gasteiger partial charge >= 0.3 is 0 Å². The first-order valence-electron chi connectivity index (χ1n) is 1.22. The molecule has 0 aromatic heterocycles. The van der Waals surface area contributed by atoms with Crippen molar-refractivity contribution in [3.63, 3.8) is 0 Å². The Kier molecular flexibility index (Phi) is 4.11. The molecule has 3 unspecified atom stereocenters. The fraction of sp³-hybridized carbons (Fsp3) is 0.500. The third kappa shape index (κ3) is 5.15. The van der Waals surface area contributed by atoms with Gasteiger partial charge in [-0.05, 0) is 0 Å². The predicted molar refractivity (Wildman–Crippen MR) is 33.4 cm³/mol. The van der Waals surface area contributed by atoms with Gasteiger partial charge in [-0.2, -0.15) is 0 Å². The molecule has 3 atom stereocenters. The SMILES string of the molecule is P[CH]C(P)Cl. The zero-order chi connectivity index (χ0) is 4.28. The summed E-state index contributed by atoms with van der Waals surface area (Å²) in [5, 5.41) is 0.111. The fourth-order valence-electron chi connectivity index (χ4n) is 0. The van der Waals surface area contributed by atoms with Crippen LogP contribution in [0, 0.1) is 6.16 Å². The molecule has 0 aliphatic carbocycles. The van der Waals surface area contributed by atoms with E-state index in [0.717, 1.165) is 0 Å². The highest BCUT2D eigenvalue weighted by Crippen LogP contribution is 2.11. The van der Waals surface area contributed by atoms with Crippen LogP contribution in [0.4, 0.5) is 0 Å². The van der Waals surface area contributed by atoms with Crippen LogP contribution < -0.4 is 0 Å². The Labute approximate surface area is 42.1 Å². The highest BCUT2D eigenvalue weighted by Gasteiger charge is 1.84. The Bertz CT molecular complexity index is 21.6. The highest BCUT2D eigenvalue weighted by molar-refractivity contribution is 7.26. The number of hydrogen-bond donors (Lipinski definition) is 0. The molecule has 0 amide bonds. The minimum atomic E-state index is 0.111. The molecule has 0 aliphatic rings. The van der Waals surface area contributed by atoms with Crippen molar-refractivity contribution >= 4 is 30.1 Å². The van der Waals surface area contributed by atoms with Gasteiger partial charge in [0, 0.05) is 6.16 Å². The Morgan fingerprint density at radius 2 is 2.00 bits per heavy atom. The van der Waals surface area contributed by atoms with E-state index in [1.807, 2.05) is 6.16 Å². The summed E-state index contributed by atoms with van der Waals surface area (Å²) < 4.78 is 0. The zero-order valence-electron chi connectivity index (χ0n) is 2.69. The number of alkyl halides is 1. The number of rotatable bonds is 1. The van der Waals surface area contributed by atoms with Gasteiger partial charge in [0.05, 0.1) is 5.12 Å². The van der Waals surface area contributed by atoms with Crippen molar-refractivity contribution in [2.45, 2.75) is 5.12 Å². The number of hydrogen-bond acceptors (Lipinski definition) is 0. The Balaban J connectivity index is 2.54. The monoisotopic (exact) mass is 127 g/mol. The van der Waals surface area contributed by atoms with Crippen molar-refractivity contribution in [1.29, 1.82) is 0 Å². The van der Waals surface area contributed by atoms with Crippen LogP contribution in [0.1, 0.15) is 0 Å². The van der Waals surface area contributed by atoms with Crippen LogP contribution in [0.15, 0.2) is 0 Å². The first-order chi connectivity index (χ1) is 2.27. The van der Waals surface area contributed by atoms with Crippen molar-refractivity contribution in [2.24, 2.45) is 0 Å². The fourth-order valence-corrected chi connectivity index (χ4v) is 0. The third-order valence-electron chi connectivity index (χ3n) is 0.184. The molecule has 0 aromatic rings. The lowest BCUT2D eigenvalue weighted by molar-refractivity contribution is 1.61. The minimum absolute atomic E-state index is 0.111. The van der Waals surface area contributed by atoms with Gasteiger partial charge in [-0.15, -0.1) is 30.1 Å². The van der Waals surface area contributed by atoms with E-state index >= 15 is 0 Å². The van der Waals surface area contributed by atoms with E-state index in [4.69, 9.17) is 11.6 Å². The molecule has 0 nitrogen and oxygen atoms in total. The molecular formula is C2H6ClP2. The highest BCUT2D eigenvalue weighted by atomic mass is 35.5. The van der Waals surface area contributed by atoms with Crippen molar-refractivity contribution in [2.75, 3.05) is 0 Å². The van der Waals surface area contributed by atoms with E-state index in [9.17, 15) is 0 Å². The normalized spacial score (nSPS) is 15.0. The van der Waals surface area contributed by atoms with Crippen LogP contribution in [-0.4, -0.2) is 5.12 Å². The molecule has 0 spiro atoms. The topological polar surface area (TPSA) is 0 Å². The summed E-state index contributed by atoms with van der Waals surface area (Å²) in [6.45, 7) is 0. The lowest BCUT2D eigenvalue weighted by Crippen LogP contribution is -1.72. The van der Waals surface area contributed by atoms with E-state index in [0.29, 0.717) is 0 Å². The van der Waals surface area contributed by atoms with E-state index in [1.54, 1.807) is 0 Å². The summed E-state index contributed by atoms with van der Waals surface area (Å²) in [5.41, 5.74) is 0. The maximum absolute atomic E-state index is 5.35. The van der Waals surface area contributed by atoms with Gasteiger partial charge in [0.2, 0.25) is 0 Å². The van der Waals surface area contributed by atoms with Crippen molar-refractivity contribution in [1.82, 2.24) is 0 Å². The van der Waals surface area contributed by atoms with Gasteiger partial charge < -0.3 is 0 Å². The van der Waals surface area contributed by atoms with Crippen LogP contribution in [0.2, 0.25) is 0 Å². The van der Waals surface area contributed by atoms with E-state index in [-0.39, 0.29) is 5.12 Å². The molecule has 3 heteroatoms. The van der Waals surface area contributed by atoms with Crippen LogP contribution in [0.25, 0.3) is 0 Å². The molecule has 31 valence electrons. The first kappa shape index (κ1) is 6.15. The number of halogens is 1. The summed E-state index contributed by atoms with van der Waals surface area (Å²) in [4.78, 5) is 0. The molecule has 0 saturated heterocycles. The van der Waals surface area contributed by atoms with Crippen molar-refractivity contribution in [3.8, 4) is 0 Å². The van der Waals surface area contributed by atoms with Gasteiger partial charge in [-0.3, -0.25) is 0 Å². The zero-order valence-corrected chi connectivity index (χ0v) is 5.75. The first-order valence-corrected chi connectivity index (χ1v) is 2.99. The van der Waals surface area contributed by atoms with Crippen LogP contribution in [0.3, 0.4) is 0 Å². The van der Waals surface area contributed by atoms with Gasteiger partial charge in [0.1, 0.15) is 0 Å². The molecule has 5 heavy (non-hydrogen) atoms.